The number of ether oxygens (including phenoxy) is 1. The lowest BCUT2D eigenvalue weighted by molar-refractivity contribution is 0.137. The maximum absolute atomic E-state index is 5.23. The van der Waals surface area contributed by atoms with Crippen LogP contribution in [0.3, 0.4) is 0 Å². The molecule has 0 unspecified atom stereocenters. The van der Waals surface area contributed by atoms with Crippen molar-refractivity contribution in [2.24, 2.45) is 0 Å². The number of benzene rings is 1. The predicted octanol–water partition coefficient (Wildman–Crippen LogP) is 3.46. The normalized spacial score (nSPS) is 20.1. The van der Waals surface area contributed by atoms with Crippen molar-refractivity contribution in [3.63, 3.8) is 0 Å². The van der Waals surface area contributed by atoms with Crippen molar-refractivity contribution in [3.8, 4) is 5.75 Å². The molecule has 0 amide bonds. The minimum Gasteiger partial charge on any atom is -0.497 e. The van der Waals surface area contributed by atoms with E-state index in [9.17, 15) is 0 Å². The van der Waals surface area contributed by atoms with E-state index in [1.165, 1.54) is 31.5 Å². The smallest absolute Gasteiger partial charge is 0.118 e. The number of methoxy groups -OCH3 is 1. The average molecular weight is 247 g/mol. The van der Waals surface area contributed by atoms with Crippen molar-refractivity contribution in [2.45, 2.75) is 45.1 Å². The second-order valence-electron chi connectivity index (χ2n) is 5.92. The van der Waals surface area contributed by atoms with Gasteiger partial charge >= 0.3 is 0 Å². The molecule has 1 saturated heterocycles. The highest BCUT2D eigenvalue weighted by atomic mass is 16.5. The molecule has 0 aromatic heterocycles. The lowest BCUT2D eigenvalue weighted by Crippen LogP contribution is -2.43. The molecule has 1 aromatic rings. The molecule has 0 bridgehead atoms. The second kappa shape index (κ2) is 5.31. The molecule has 2 heteroatoms. The average Bonchev–Trinajstić information content (AvgIpc) is 2.39. The zero-order valence-electron chi connectivity index (χ0n) is 12.1. The van der Waals surface area contributed by atoms with Crippen molar-refractivity contribution >= 4 is 0 Å². The summed E-state index contributed by atoms with van der Waals surface area (Å²) in [5.41, 5.74) is 1.78. The summed E-state index contributed by atoms with van der Waals surface area (Å²) in [4.78, 5) is 2.57. The van der Waals surface area contributed by atoms with Crippen LogP contribution in [0, 0.1) is 0 Å². The van der Waals surface area contributed by atoms with Gasteiger partial charge in [-0.1, -0.05) is 19.1 Å². The highest BCUT2D eigenvalue weighted by Gasteiger charge is 2.32. The molecule has 1 heterocycles. The molecule has 0 aliphatic carbocycles. The van der Waals surface area contributed by atoms with Gasteiger partial charge in [-0.3, -0.25) is 0 Å². The van der Waals surface area contributed by atoms with Crippen LogP contribution in [-0.2, 0) is 5.41 Å². The van der Waals surface area contributed by atoms with Crippen molar-refractivity contribution in [3.05, 3.63) is 29.8 Å². The molecule has 2 nitrogen and oxygen atoms in total. The van der Waals surface area contributed by atoms with Crippen molar-refractivity contribution in [2.75, 3.05) is 20.2 Å². The Hall–Kier alpha value is -1.02. The standard InChI is InChI=1S/C16H25NO/c1-13(2)17-11-9-16(3,10-12-17)14-5-7-15(18-4)8-6-14/h5-8,13H,9-12H2,1-4H3. The molecule has 1 aliphatic heterocycles. The zero-order chi connectivity index (χ0) is 13.2. The molecule has 100 valence electrons. The Labute approximate surface area is 111 Å². The summed E-state index contributed by atoms with van der Waals surface area (Å²) < 4.78 is 5.23. The molecule has 0 atom stereocenters. The SMILES string of the molecule is COc1ccc(C2(C)CCN(C(C)C)CC2)cc1. The molecule has 1 aromatic carbocycles. The van der Waals surface area contributed by atoms with Crippen LogP contribution < -0.4 is 4.74 Å². The second-order valence-corrected chi connectivity index (χ2v) is 5.92. The maximum atomic E-state index is 5.23. The minimum atomic E-state index is 0.331. The largest absolute Gasteiger partial charge is 0.497 e. The van der Waals surface area contributed by atoms with Crippen LogP contribution in [0.15, 0.2) is 24.3 Å². The van der Waals surface area contributed by atoms with Crippen LogP contribution in [-0.4, -0.2) is 31.1 Å². The number of hydrogen-bond acceptors (Lipinski definition) is 2. The van der Waals surface area contributed by atoms with Crippen LogP contribution in [0.4, 0.5) is 0 Å². The van der Waals surface area contributed by atoms with E-state index in [0.29, 0.717) is 11.5 Å². The number of rotatable bonds is 3. The van der Waals surface area contributed by atoms with E-state index in [1.54, 1.807) is 7.11 Å². The van der Waals surface area contributed by atoms with Gasteiger partial charge in [0.25, 0.3) is 0 Å². The summed E-state index contributed by atoms with van der Waals surface area (Å²) in [5, 5.41) is 0. The van der Waals surface area contributed by atoms with Crippen LogP contribution in [0.2, 0.25) is 0 Å². The lowest BCUT2D eigenvalue weighted by Gasteiger charge is -2.41. The van der Waals surface area contributed by atoms with Crippen molar-refractivity contribution < 1.29 is 4.74 Å². The van der Waals surface area contributed by atoms with Gasteiger partial charge in [-0.05, 0) is 62.9 Å². The third-order valence-corrected chi connectivity index (χ3v) is 4.42. The first-order valence-electron chi connectivity index (χ1n) is 6.94. The van der Waals surface area contributed by atoms with Crippen LogP contribution >= 0.6 is 0 Å². The Bertz CT molecular complexity index is 375. The third kappa shape index (κ3) is 2.69. The van der Waals surface area contributed by atoms with Crippen molar-refractivity contribution in [1.29, 1.82) is 0 Å². The van der Waals surface area contributed by atoms with Crippen LogP contribution in [0.5, 0.6) is 5.75 Å². The summed E-state index contributed by atoms with van der Waals surface area (Å²) >= 11 is 0. The van der Waals surface area contributed by atoms with Crippen molar-refractivity contribution in [1.82, 2.24) is 4.90 Å². The molecule has 2 rings (SSSR count). The van der Waals surface area contributed by atoms with Gasteiger partial charge in [-0.15, -0.1) is 0 Å². The van der Waals surface area contributed by atoms with E-state index in [0.717, 1.165) is 5.75 Å². The van der Waals surface area contributed by atoms with Gasteiger partial charge in [0.2, 0.25) is 0 Å². The summed E-state index contributed by atoms with van der Waals surface area (Å²) in [6, 6.07) is 9.28. The van der Waals surface area contributed by atoms with E-state index in [-0.39, 0.29) is 0 Å². The van der Waals surface area contributed by atoms with E-state index in [2.05, 4.69) is 49.9 Å². The number of piperidine rings is 1. The fourth-order valence-electron chi connectivity index (χ4n) is 2.82. The van der Waals surface area contributed by atoms with E-state index in [4.69, 9.17) is 4.74 Å². The first kappa shape index (κ1) is 13.4. The molecule has 0 N–H and O–H groups in total. The fraction of sp³-hybridized carbons (Fsp3) is 0.625. The zero-order valence-corrected chi connectivity index (χ0v) is 12.1. The predicted molar refractivity (Wildman–Crippen MR) is 76.3 cm³/mol. The number of nitrogens with zero attached hydrogens (tertiary/aromatic N) is 1. The fourth-order valence-corrected chi connectivity index (χ4v) is 2.82. The number of likely N-dealkylation sites (tertiary alicyclic amines) is 1. The lowest BCUT2D eigenvalue weighted by atomic mass is 9.74. The molecular weight excluding hydrogens is 222 g/mol. The van der Waals surface area contributed by atoms with Crippen LogP contribution in [0.25, 0.3) is 0 Å². The first-order valence-corrected chi connectivity index (χ1v) is 6.94. The Morgan fingerprint density at radius 1 is 1.11 bits per heavy atom. The monoisotopic (exact) mass is 247 g/mol. The quantitative estimate of drug-likeness (QED) is 0.811. The molecule has 0 saturated carbocycles. The molecule has 18 heavy (non-hydrogen) atoms. The Morgan fingerprint density at radius 3 is 2.11 bits per heavy atom. The minimum absolute atomic E-state index is 0.331. The topological polar surface area (TPSA) is 12.5 Å². The highest BCUT2D eigenvalue weighted by Crippen LogP contribution is 2.36. The van der Waals surface area contributed by atoms with Crippen LogP contribution in [0.1, 0.15) is 39.2 Å². The summed E-state index contributed by atoms with van der Waals surface area (Å²) in [7, 11) is 1.72. The van der Waals surface area contributed by atoms with Gasteiger partial charge in [0.1, 0.15) is 5.75 Å². The molecule has 1 aliphatic rings. The van der Waals surface area contributed by atoms with E-state index < -0.39 is 0 Å². The Morgan fingerprint density at radius 2 is 1.67 bits per heavy atom. The molecule has 0 radical (unpaired) electrons. The first-order chi connectivity index (χ1) is 8.55. The molecule has 0 spiro atoms. The van der Waals surface area contributed by atoms with E-state index in [1.807, 2.05) is 0 Å². The maximum Gasteiger partial charge on any atom is 0.118 e. The summed E-state index contributed by atoms with van der Waals surface area (Å²) in [6.45, 7) is 9.39. The summed E-state index contributed by atoms with van der Waals surface area (Å²) in [6.07, 6.45) is 2.50. The molecular formula is C16H25NO. The number of hydrogen-bond donors (Lipinski definition) is 0. The van der Waals surface area contributed by atoms with Gasteiger partial charge in [-0.25, -0.2) is 0 Å². The van der Waals surface area contributed by atoms with Gasteiger partial charge in [0.15, 0.2) is 0 Å². The third-order valence-electron chi connectivity index (χ3n) is 4.42. The van der Waals surface area contributed by atoms with E-state index >= 15 is 0 Å². The Balaban J connectivity index is 2.08. The molecule has 1 fully saturated rings. The Kier molecular flexibility index (Phi) is 3.96. The van der Waals surface area contributed by atoms with Gasteiger partial charge in [0.05, 0.1) is 7.11 Å². The van der Waals surface area contributed by atoms with Gasteiger partial charge in [0, 0.05) is 6.04 Å². The summed E-state index contributed by atoms with van der Waals surface area (Å²) in [5.74, 6) is 0.946. The highest BCUT2D eigenvalue weighted by molar-refractivity contribution is 5.32. The van der Waals surface area contributed by atoms with Gasteiger partial charge < -0.3 is 9.64 Å². The van der Waals surface area contributed by atoms with Gasteiger partial charge in [-0.2, -0.15) is 0 Å².